The molecule has 6 heteroatoms. The molecule has 5 nitrogen and oxygen atoms in total. The van der Waals surface area contributed by atoms with Gasteiger partial charge in [0, 0.05) is 24.4 Å². The van der Waals surface area contributed by atoms with Crippen LogP contribution in [0.25, 0.3) is 5.69 Å². The van der Waals surface area contributed by atoms with Crippen LogP contribution in [0.2, 0.25) is 0 Å². The molecule has 136 valence electrons. The summed E-state index contributed by atoms with van der Waals surface area (Å²) in [6, 6.07) is 6.11. The lowest BCUT2D eigenvalue weighted by molar-refractivity contribution is -0.120. The summed E-state index contributed by atoms with van der Waals surface area (Å²) < 4.78 is 14.8. The van der Waals surface area contributed by atoms with Crippen molar-refractivity contribution in [1.82, 2.24) is 15.1 Å². The standard InChI is InChI=1S/C19H26FN3O2/c1-13-17(11-18(25)21-12-19(3,4)9-10-24)14(2)23(22-13)16-7-5-15(20)6-8-16/h5-8,24H,9-12H2,1-4H3,(H,21,25). The highest BCUT2D eigenvalue weighted by Gasteiger charge is 2.20. The number of nitrogens with one attached hydrogen (secondary N) is 1. The molecule has 0 bridgehead atoms. The summed E-state index contributed by atoms with van der Waals surface area (Å²) in [4.78, 5) is 12.3. The molecule has 0 unspecified atom stereocenters. The van der Waals surface area contributed by atoms with Gasteiger partial charge in [-0.3, -0.25) is 4.79 Å². The Morgan fingerprint density at radius 2 is 1.92 bits per heavy atom. The lowest BCUT2D eigenvalue weighted by atomic mass is 9.89. The fourth-order valence-corrected chi connectivity index (χ4v) is 2.72. The number of carbonyl (C=O) groups is 1. The van der Waals surface area contributed by atoms with Crippen molar-refractivity contribution >= 4 is 5.91 Å². The maximum Gasteiger partial charge on any atom is 0.224 e. The number of halogens is 1. The van der Waals surface area contributed by atoms with Crippen LogP contribution in [0.3, 0.4) is 0 Å². The SMILES string of the molecule is Cc1nn(-c2ccc(F)cc2)c(C)c1CC(=O)NCC(C)(C)CCO. The van der Waals surface area contributed by atoms with Crippen molar-refractivity contribution in [3.8, 4) is 5.69 Å². The predicted octanol–water partition coefficient (Wildman–Crippen LogP) is 2.70. The fraction of sp³-hybridized carbons (Fsp3) is 0.474. The van der Waals surface area contributed by atoms with E-state index in [0.717, 1.165) is 22.6 Å². The van der Waals surface area contributed by atoms with Crippen molar-refractivity contribution in [3.05, 3.63) is 47.0 Å². The number of rotatable bonds is 7. The van der Waals surface area contributed by atoms with Crippen LogP contribution >= 0.6 is 0 Å². The molecule has 0 saturated carbocycles. The predicted molar refractivity (Wildman–Crippen MR) is 95.2 cm³/mol. The second kappa shape index (κ2) is 7.78. The lowest BCUT2D eigenvalue weighted by Crippen LogP contribution is -2.35. The number of carbonyl (C=O) groups excluding carboxylic acids is 1. The molecule has 25 heavy (non-hydrogen) atoms. The van der Waals surface area contributed by atoms with Gasteiger partial charge in [0.2, 0.25) is 5.91 Å². The molecule has 0 aliphatic heterocycles. The fourth-order valence-electron chi connectivity index (χ4n) is 2.72. The Labute approximate surface area is 147 Å². The van der Waals surface area contributed by atoms with Crippen molar-refractivity contribution < 1.29 is 14.3 Å². The molecule has 1 amide bonds. The van der Waals surface area contributed by atoms with Gasteiger partial charge < -0.3 is 10.4 Å². The molecule has 0 fully saturated rings. The third-order valence-corrected chi connectivity index (χ3v) is 4.40. The van der Waals surface area contributed by atoms with Crippen molar-refractivity contribution in [1.29, 1.82) is 0 Å². The van der Waals surface area contributed by atoms with Gasteiger partial charge in [-0.2, -0.15) is 5.10 Å². The number of benzene rings is 1. The van der Waals surface area contributed by atoms with Gasteiger partial charge in [-0.05, 0) is 49.9 Å². The van der Waals surface area contributed by atoms with Crippen LogP contribution < -0.4 is 5.32 Å². The van der Waals surface area contributed by atoms with E-state index in [-0.39, 0.29) is 30.2 Å². The smallest absolute Gasteiger partial charge is 0.224 e. The minimum Gasteiger partial charge on any atom is -0.396 e. The molecule has 0 spiro atoms. The highest BCUT2D eigenvalue weighted by molar-refractivity contribution is 5.79. The van der Waals surface area contributed by atoms with Gasteiger partial charge in [0.15, 0.2) is 0 Å². The van der Waals surface area contributed by atoms with Crippen molar-refractivity contribution in [2.75, 3.05) is 13.2 Å². The van der Waals surface area contributed by atoms with Gasteiger partial charge in [-0.15, -0.1) is 0 Å². The number of aliphatic hydroxyl groups excluding tert-OH is 1. The van der Waals surface area contributed by atoms with Crippen LogP contribution in [0, 0.1) is 25.1 Å². The van der Waals surface area contributed by atoms with Gasteiger partial charge in [0.05, 0.1) is 17.8 Å². The number of hydrogen-bond acceptors (Lipinski definition) is 3. The van der Waals surface area contributed by atoms with Gasteiger partial charge >= 0.3 is 0 Å². The van der Waals surface area contributed by atoms with Crippen LogP contribution in [0.1, 0.15) is 37.2 Å². The first kappa shape index (κ1) is 19.1. The average molecular weight is 347 g/mol. The maximum absolute atomic E-state index is 13.1. The summed E-state index contributed by atoms with van der Waals surface area (Å²) in [5.74, 6) is -0.369. The topological polar surface area (TPSA) is 67.2 Å². The van der Waals surface area contributed by atoms with Gasteiger partial charge in [0.1, 0.15) is 5.82 Å². The number of hydrogen-bond donors (Lipinski definition) is 2. The second-order valence-electron chi connectivity index (χ2n) is 7.13. The van der Waals surface area contributed by atoms with E-state index < -0.39 is 0 Å². The molecule has 0 saturated heterocycles. The van der Waals surface area contributed by atoms with Crippen LogP contribution in [-0.4, -0.2) is 33.9 Å². The number of nitrogens with zero attached hydrogens (tertiary/aromatic N) is 2. The summed E-state index contributed by atoms with van der Waals surface area (Å²) in [7, 11) is 0. The molecule has 1 aromatic carbocycles. The van der Waals surface area contributed by atoms with E-state index in [9.17, 15) is 9.18 Å². The van der Waals surface area contributed by atoms with E-state index in [1.54, 1.807) is 16.8 Å². The molecular formula is C19H26FN3O2. The van der Waals surface area contributed by atoms with Gasteiger partial charge in [0.25, 0.3) is 0 Å². The molecule has 0 atom stereocenters. The Morgan fingerprint density at radius 1 is 1.28 bits per heavy atom. The third-order valence-electron chi connectivity index (χ3n) is 4.40. The number of aromatic nitrogens is 2. The van der Waals surface area contributed by atoms with E-state index in [4.69, 9.17) is 5.11 Å². The van der Waals surface area contributed by atoms with Crippen LogP contribution in [0.4, 0.5) is 4.39 Å². The summed E-state index contributed by atoms with van der Waals surface area (Å²) >= 11 is 0. The van der Waals surface area contributed by atoms with E-state index in [0.29, 0.717) is 13.0 Å². The van der Waals surface area contributed by atoms with E-state index in [1.807, 2.05) is 27.7 Å². The zero-order valence-electron chi connectivity index (χ0n) is 15.3. The summed E-state index contributed by atoms with van der Waals surface area (Å²) in [6.07, 6.45) is 0.877. The molecule has 2 aromatic rings. The van der Waals surface area contributed by atoms with Crippen LogP contribution in [0.15, 0.2) is 24.3 Å². The Morgan fingerprint density at radius 3 is 2.52 bits per heavy atom. The van der Waals surface area contributed by atoms with Crippen LogP contribution in [-0.2, 0) is 11.2 Å². The molecular weight excluding hydrogens is 321 g/mol. The molecule has 1 heterocycles. The molecule has 0 aliphatic rings. The highest BCUT2D eigenvalue weighted by atomic mass is 19.1. The van der Waals surface area contributed by atoms with Gasteiger partial charge in [-0.25, -0.2) is 9.07 Å². The Bertz CT molecular complexity index is 736. The van der Waals surface area contributed by atoms with Crippen molar-refractivity contribution in [2.24, 2.45) is 5.41 Å². The first-order valence-corrected chi connectivity index (χ1v) is 8.42. The van der Waals surface area contributed by atoms with Crippen molar-refractivity contribution in [3.63, 3.8) is 0 Å². The monoisotopic (exact) mass is 347 g/mol. The number of aliphatic hydroxyl groups is 1. The summed E-state index contributed by atoms with van der Waals surface area (Å²) in [6.45, 7) is 8.40. The quantitative estimate of drug-likeness (QED) is 0.809. The number of aryl methyl sites for hydroxylation is 1. The van der Waals surface area contributed by atoms with E-state index in [1.165, 1.54) is 12.1 Å². The Kier molecular flexibility index (Phi) is 5.95. The minimum atomic E-state index is -0.296. The second-order valence-corrected chi connectivity index (χ2v) is 7.13. The molecule has 0 radical (unpaired) electrons. The molecule has 2 rings (SSSR count). The summed E-state index contributed by atoms with van der Waals surface area (Å²) in [5, 5.41) is 16.5. The van der Waals surface area contributed by atoms with E-state index in [2.05, 4.69) is 10.4 Å². The normalized spacial score (nSPS) is 11.6. The van der Waals surface area contributed by atoms with Gasteiger partial charge in [-0.1, -0.05) is 13.8 Å². The first-order chi connectivity index (χ1) is 11.7. The van der Waals surface area contributed by atoms with E-state index >= 15 is 0 Å². The zero-order valence-corrected chi connectivity index (χ0v) is 15.3. The highest BCUT2D eigenvalue weighted by Crippen LogP contribution is 2.20. The lowest BCUT2D eigenvalue weighted by Gasteiger charge is -2.23. The minimum absolute atomic E-state index is 0.0733. The maximum atomic E-state index is 13.1. The number of amides is 1. The largest absolute Gasteiger partial charge is 0.396 e. The molecule has 0 aliphatic carbocycles. The van der Waals surface area contributed by atoms with Crippen molar-refractivity contribution in [2.45, 2.75) is 40.5 Å². The average Bonchev–Trinajstić information content (AvgIpc) is 2.82. The third kappa shape index (κ3) is 4.89. The Hall–Kier alpha value is -2.21. The molecule has 1 aromatic heterocycles. The van der Waals surface area contributed by atoms with Crippen LogP contribution in [0.5, 0.6) is 0 Å². The molecule has 2 N–H and O–H groups in total. The summed E-state index contributed by atoms with van der Waals surface area (Å²) in [5.41, 5.74) is 3.15. The zero-order chi connectivity index (χ0) is 18.6. The first-order valence-electron chi connectivity index (χ1n) is 8.42. The Balaban J connectivity index is 2.10.